The Morgan fingerprint density at radius 2 is 1.70 bits per heavy atom. The molecule has 0 unspecified atom stereocenters. The van der Waals surface area contributed by atoms with Gasteiger partial charge in [0.2, 0.25) is 0 Å². The van der Waals surface area contributed by atoms with Gasteiger partial charge in [-0.05, 0) is 34.1 Å². The normalized spacial score (nSPS) is 17.9. The highest BCUT2D eigenvalue weighted by molar-refractivity contribution is 5.82. The molecule has 0 N–H and O–H groups in total. The quantitative estimate of drug-likeness (QED) is 0.578. The molecule has 0 spiro atoms. The summed E-state index contributed by atoms with van der Waals surface area (Å²) in [5.41, 5.74) is -0.429. The maximum absolute atomic E-state index is 12.1. The van der Waals surface area contributed by atoms with E-state index in [1.807, 2.05) is 25.7 Å². The van der Waals surface area contributed by atoms with E-state index >= 15 is 0 Å². The molecule has 116 valence electrons. The van der Waals surface area contributed by atoms with Gasteiger partial charge in [0.05, 0.1) is 5.84 Å². The maximum Gasteiger partial charge on any atom is 0.410 e. The van der Waals surface area contributed by atoms with E-state index in [1.165, 1.54) is 0 Å². The van der Waals surface area contributed by atoms with Crippen molar-refractivity contribution in [1.29, 1.82) is 0 Å². The number of ether oxygens (including phenoxy) is 1. The Kier molecular flexibility index (Phi) is 6.30. The molecule has 1 amide bonds. The molecule has 5 heteroatoms. The number of aliphatic imine (C=N–C) groups is 1. The van der Waals surface area contributed by atoms with E-state index in [0.29, 0.717) is 6.54 Å². The lowest BCUT2D eigenvalue weighted by Gasteiger charge is -2.27. The maximum atomic E-state index is 12.1. The van der Waals surface area contributed by atoms with Crippen molar-refractivity contribution in [3.63, 3.8) is 0 Å². The van der Waals surface area contributed by atoms with Crippen molar-refractivity contribution in [3.05, 3.63) is 0 Å². The average molecular weight is 283 g/mol. The van der Waals surface area contributed by atoms with Gasteiger partial charge in [0.15, 0.2) is 0 Å². The summed E-state index contributed by atoms with van der Waals surface area (Å²) in [5, 5.41) is 0. The Bertz CT molecular complexity index is 348. The molecular formula is C15H29N3O2. The van der Waals surface area contributed by atoms with Crippen molar-refractivity contribution < 1.29 is 9.53 Å². The van der Waals surface area contributed by atoms with Crippen LogP contribution in [0.25, 0.3) is 0 Å². The van der Waals surface area contributed by atoms with Crippen LogP contribution < -0.4 is 0 Å². The highest BCUT2D eigenvalue weighted by Gasteiger charge is 2.24. The standard InChI is InChI=1S/C15H29N3O2/c1-6-13(16-7-2)17-9-8-10-18(12-11-17)14(19)20-15(3,4)5/h6-12H2,1-5H3. The van der Waals surface area contributed by atoms with E-state index in [-0.39, 0.29) is 6.09 Å². The van der Waals surface area contributed by atoms with Crippen molar-refractivity contribution >= 4 is 11.9 Å². The highest BCUT2D eigenvalue weighted by atomic mass is 16.6. The van der Waals surface area contributed by atoms with Gasteiger partial charge in [-0.15, -0.1) is 0 Å². The van der Waals surface area contributed by atoms with Gasteiger partial charge in [0.1, 0.15) is 5.60 Å². The molecule has 1 fully saturated rings. The van der Waals surface area contributed by atoms with Crippen LogP contribution in [0, 0.1) is 0 Å². The predicted octanol–water partition coefficient (Wildman–Crippen LogP) is 2.76. The smallest absolute Gasteiger partial charge is 0.410 e. The molecule has 0 atom stereocenters. The summed E-state index contributed by atoms with van der Waals surface area (Å²) in [6.45, 7) is 14.0. The lowest BCUT2D eigenvalue weighted by molar-refractivity contribution is 0.0260. The summed E-state index contributed by atoms with van der Waals surface area (Å²) in [7, 11) is 0. The number of amides is 1. The first-order valence-electron chi connectivity index (χ1n) is 7.63. The van der Waals surface area contributed by atoms with Gasteiger partial charge in [-0.25, -0.2) is 4.79 Å². The molecule has 0 aromatic carbocycles. The first kappa shape index (κ1) is 16.8. The minimum absolute atomic E-state index is 0.204. The van der Waals surface area contributed by atoms with Crippen molar-refractivity contribution in [2.24, 2.45) is 4.99 Å². The number of nitrogens with zero attached hydrogens (tertiary/aromatic N) is 3. The van der Waals surface area contributed by atoms with E-state index in [1.54, 1.807) is 0 Å². The molecule has 1 aliphatic heterocycles. The lowest BCUT2D eigenvalue weighted by Crippen LogP contribution is -2.40. The minimum Gasteiger partial charge on any atom is -0.444 e. The average Bonchev–Trinajstić information content (AvgIpc) is 2.59. The molecule has 0 saturated carbocycles. The van der Waals surface area contributed by atoms with Crippen molar-refractivity contribution in [3.8, 4) is 0 Å². The van der Waals surface area contributed by atoms with E-state index in [9.17, 15) is 4.79 Å². The SMILES string of the molecule is CCN=C(CC)N1CCCN(C(=O)OC(C)(C)C)CC1. The molecule has 20 heavy (non-hydrogen) atoms. The first-order valence-corrected chi connectivity index (χ1v) is 7.63. The largest absolute Gasteiger partial charge is 0.444 e. The summed E-state index contributed by atoms with van der Waals surface area (Å²) in [5.74, 6) is 1.15. The Morgan fingerprint density at radius 3 is 2.25 bits per heavy atom. The van der Waals surface area contributed by atoms with Gasteiger partial charge in [-0.2, -0.15) is 0 Å². The van der Waals surface area contributed by atoms with E-state index in [0.717, 1.165) is 44.9 Å². The second-order valence-corrected chi connectivity index (χ2v) is 6.05. The van der Waals surface area contributed by atoms with Gasteiger partial charge >= 0.3 is 6.09 Å². The number of amidine groups is 1. The molecular weight excluding hydrogens is 254 g/mol. The van der Waals surface area contributed by atoms with Crippen LogP contribution in [0.15, 0.2) is 4.99 Å². The van der Waals surface area contributed by atoms with Crippen molar-refractivity contribution in [2.45, 2.75) is 53.1 Å². The summed E-state index contributed by atoms with van der Waals surface area (Å²) in [6.07, 6.45) is 1.70. The zero-order valence-corrected chi connectivity index (χ0v) is 13.6. The molecule has 0 bridgehead atoms. The molecule has 1 heterocycles. The molecule has 0 aromatic rings. The fourth-order valence-corrected chi connectivity index (χ4v) is 2.30. The summed E-state index contributed by atoms with van der Waals surface area (Å²) < 4.78 is 5.44. The second kappa shape index (κ2) is 7.50. The van der Waals surface area contributed by atoms with Crippen LogP contribution in [0.3, 0.4) is 0 Å². The number of hydrogen-bond acceptors (Lipinski definition) is 3. The zero-order chi connectivity index (χ0) is 15.2. The van der Waals surface area contributed by atoms with Crippen LogP contribution in [0.1, 0.15) is 47.5 Å². The lowest BCUT2D eigenvalue weighted by atomic mass is 10.2. The van der Waals surface area contributed by atoms with Crippen LogP contribution in [0.2, 0.25) is 0 Å². The van der Waals surface area contributed by atoms with Crippen molar-refractivity contribution in [2.75, 3.05) is 32.7 Å². The minimum atomic E-state index is -0.429. The fourth-order valence-electron chi connectivity index (χ4n) is 2.30. The van der Waals surface area contributed by atoms with Crippen LogP contribution in [0.4, 0.5) is 4.79 Å². The molecule has 0 radical (unpaired) electrons. The fraction of sp³-hybridized carbons (Fsp3) is 0.867. The summed E-state index contributed by atoms with van der Waals surface area (Å²) in [4.78, 5) is 20.7. The molecule has 1 rings (SSSR count). The monoisotopic (exact) mass is 283 g/mol. The highest BCUT2D eigenvalue weighted by Crippen LogP contribution is 2.12. The number of rotatable bonds is 2. The van der Waals surface area contributed by atoms with Gasteiger partial charge in [-0.3, -0.25) is 4.99 Å². The molecule has 0 aliphatic carbocycles. The predicted molar refractivity (Wildman–Crippen MR) is 82.3 cm³/mol. The third-order valence-electron chi connectivity index (χ3n) is 3.17. The van der Waals surface area contributed by atoms with E-state index < -0.39 is 5.60 Å². The summed E-state index contributed by atoms with van der Waals surface area (Å²) >= 11 is 0. The molecule has 1 aliphatic rings. The Hall–Kier alpha value is -1.26. The third-order valence-corrected chi connectivity index (χ3v) is 3.17. The molecule has 5 nitrogen and oxygen atoms in total. The van der Waals surface area contributed by atoms with Gasteiger partial charge in [0.25, 0.3) is 0 Å². The van der Waals surface area contributed by atoms with E-state index in [2.05, 4.69) is 23.7 Å². The van der Waals surface area contributed by atoms with Gasteiger partial charge in [0, 0.05) is 39.1 Å². The van der Waals surface area contributed by atoms with Gasteiger partial charge in [-0.1, -0.05) is 6.92 Å². The molecule has 1 saturated heterocycles. The van der Waals surface area contributed by atoms with Crippen molar-refractivity contribution in [1.82, 2.24) is 9.80 Å². The van der Waals surface area contributed by atoms with Crippen LogP contribution in [-0.2, 0) is 4.74 Å². The van der Waals surface area contributed by atoms with Gasteiger partial charge < -0.3 is 14.5 Å². The first-order chi connectivity index (χ1) is 9.37. The van der Waals surface area contributed by atoms with Crippen LogP contribution in [0.5, 0.6) is 0 Å². The number of hydrogen-bond donors (Lipinski definition) is 0. The summed E-state index contributed by atoms with van der Waals surface area (Å²) in [6, 6.07) is 0. The number of carbonyl (C=O) groups excluding carboxylic acids is 1. The Labute approximate surface area is 123 Å². The Balaban J connectivity index is 2.59. The number of carbonyl (C=O) groups is 1. The Morgan fingerprint density at radius 1 is 1.10 bits per heavy atom. The second-order valence-electron chi connectivity index (χ2n) is 6.05. The molecule has 0 aromatic heterocycles. The zero-order valence-electron chi connectivity index (χ0n) is 13.6. The van der Waals surface area contributed by atoms with Crippen LogP contribution in [-0.4, -0.2) is 60.1 Å². The van der Waals surface area contributed by atoms with Crippen LogP contribution >= 0.6 is 0 Å². The van der Waals surface area contributed by atoms with E-state index in [4.69, 9.17) is 4.74 Å². The topological polar surface area (TPSA) is 45.1 Å². The third kappa shape index (κ3) is 5.39.